The maximum atomic E-state index is 11.2. The molecule has 0 unspecified atom stereocenters. The fraction of sp³-hybridized carbons (Fsp3) is 0.417. The molecule has 0 spiro atoms. The highest BCUT2D eigenvalue weighted by Crippen LogP contribution is 2.07. The van der Waals surface area contributed by atoms with Gasteiger partial charge in [-0.05, 0) is 28.8 Å². The van der Waals surface area contributed by atoms with Crippen LogP contribution in [-0.2, 0) is 9.53 Å². The molecule has 0 aromatic rings. The van der Waals surface area contributed by atoms with E-state index in [-0.39, 0.29) is 5.97 Å². The molecule has 86 valence electrons. The van der Waals surface area contributed by atoms with Crippen LogP contribution in [0.15, 0.2) is 12.2 Å². The molecule has 0 heterocycles. The molecule has 0 saturated carbocycles. The van der Waals surface area contributed by atoms with Gasteiger partial charge >= 0.3 is 5.97 Å². The van der Waals surface area contributed by atoms with E-state index in [1.165, 1.54) is 12.2 Å². The van der Waals surface area contributed by atoms with E-state index in [0.29, 0.717) is 6.61 Å². The number of rotatable bonds is 4. The Labute approximate surface area is 107 Å². The Hall–Kier alpha value is -0.973. The average Bonchev–Trinajstić information content (AvgIpc) is 2.15. The zero-order valence-electron chi connectivity index (χ0n) is 9.76. The van der Waals surface area contributed by atoms with Crippen molar-refractivity contribution < 1.29 is 9.53 Å². The minimum atomic E-state index is -1.13. The lowest BCUT2D eigenvalue weighted by atomic mass is 10.5. The van der Waals surface area contributed by atoms with Gasteiger partial charge < -0.3 is 4.74 Å². The molecule has 0 aliphatic heterocycles. The normalized spacial score (nSPS) is 10.0. The van der Waals surface area contributed by atoms with Crippen molar-refractivity contribution in [3.05, 3.63) is 12.2 Å². The maximum Gasteiger partial charge on any atom is 0.331 e. The zero-order valence-corrected chi connectivity index (χ0v) is 12.3. The van der Waals surface area contributed by atoms with Crippen LogP contribution < -0.4 is 0 Å². The molecule has 0 aliphatic rings. The van der Waals surface area contributed by atoms with Gasteiger partial charge in [-0.25, -0.2) is 4.79 Å². The van der Waals surface area contributed by atoms with E-state index in [9.17, 15) is 4.79 Å². The predicted molar refractivity (Wildman–Crippen MR) is 72.7 cm³/mol. The molecule has 0 amide bonds. The summed E-state index contributed by atoms with van der Waals surface area (Å²) < 4.78 is 5.02. The molecule has 0 rings (SSSR count). The van der Waals surface area contributed by atoms with Gasteiger partial charge in [0, 0.05) is 30.1 Å². The number of carbonyl (C=O) groups is 1. The quantitative estimate of drug-likeness (QED) is 0.345. The SMILES string of the molecule is C[Si](C)(C)CCOC(=O)/C=C/C#CC#CBr. The summed E-state index contributed by atoms with van der Waals surface area (Å²) in [7, 11) is -1.13. The standard InChI is InChI=1S/C12H15BrO2Si/c1-16(2,3)11-10-15-12(14)8-6-4-5-7-9-13/h6,8H,10-11H2,1-3H3/b8-6+. The van der Waals surface area contributed by atoms with Gasteiger partial charge in [0.1, 0.15) is 0 Å². The van der Waals surface area contributed by atoms with Crippen molar-refractivity contribution in [2.24, 2.45) is 0 Å². The van der Waals surface area contributed by atoms with E-state index in [4.69, 9.17) is 4.74 Å². The highest BCUT2D eigenvalue weighted by atomic mass is 79.9. The van der Waals surface area contributed by atoms with Crippen LogP contribution in [0.2, 0.25) is 25.7 Å². The van der Waals surface area contributed by atoms with Gasteiger partial charge in [0.25, 0.3) is 0 Å². The van der Waals surface area contributed by atoms with Crippen molar-refractivity contribution in [1.29, 1.82) is 0 Å². The number of hydrogen-bond acceptors (Lipinski definition) is 2. The summed E-state index contributed by atoms with van der Waals surface area (Å²) in [6.07, 6.45) is 2.75. The molecule has 0 bridgehead atoms. The van der Waals surface area contributed by atoms with Crippen LogP contribution in [0.1, 0.15) is 0 Å². The summed E-state index contributed by atoms with van der Waals surface area (Å²) in [5.41, 5.74) is 0. The Morgan fingerprint density at radius 3 is 2.62 bits per heavy atom. The monoisotopic (exact) mass is 298 g/mol. The molecule has 0 aromatic heterocycles. The molecule has 4 heteroatoms. The molecule has 0 saturated heterocycles. The van der Waals surface area contributed by atoms with Gasteiger partial charge in [-0.1, -0.05) is 25.6 Å². The van der Waals surface area contributed by atoms with Gasteiger partial charge in [0.15, 0.2) is 0 Å². The van der Waals surface area contributed by atoms with Crippen molar-refractivity contribution in [2.45, 2.75) is 25.7 Å². The third-order valence-electron chi connectivity index (χ3n) is 1.58. The first-order valence-electron chi connectivity index (χ1n) is 4.90. The first-order chi connectivity index (χ1) is 7.45. The lowest BCUT2D eigenvalue weighted by Gasteiger charge is -2.14. The second kappa shape index (κ2) is 8.21. The molecule has 0 atom stereocenters. The fourth-order valence-electron chi connectivity index (χ4n) is 0.717. The molecule has 0 fully saturated rings. The van der Waals surface area contributed by atoms with Crippen molar-refractivity contribution in [3.8, 4) is 22.6 Å². The van der Waals surface area contributed by atoms with Crippen LogP contribution in [0.4, 0.5) is 0 Å². The molecular weight excluding hydrogens is 284 g/mol. The van der Waals surface area contributed by atoms with Crippen molar-refractivity contribution in [2.75, 3.05) is 6.61 Å². The van der Waals surface area contributed by atoms with Gasteiger partial charge in [-0.15, -0.1) is 0 Å². The number of hydrogen-bond donors (Lipinski definition) is 0. The van der Waals surface area contributed by atoms with Crippen LogP contribution in [0, 0.1) is 22.6 Å². The Morgan fingerprint density at radius 1 is 1.38 bits per heavy atom. The molecule has 2 nitrogen and oxygen atoms in total. The van der Waals surface area contributed by atoms with E-state index in [0.717, 1.165) is 6.04 Å². The molecule has 0 aromatic carbocycles. The largest absolute Gasteiger partial charge is 0.463 e. The first-order valence-corrected chi connectivity index (χ1v) is 9.40. The molecule has 0 radical (unpaired) electrons. The number of allylic oxidation sites excluding steroid dienone is 1. The van der Waals surface area contributed by atoms with Crippen LogP contribution in [-0.4, -0.2) is 20.7 Å². The molecular formula is C12H15BrO2Si. The zero-order chi connectivity index (χ0) is 12.4. The van der Waals surface area contributed by atoms with Crippen molar-refractivity contribution in [1.82, 2.24) is 0 Å². The van der Waals surface area contributed by atoms with E-state index < -0.39 is 8.07 Å². The number of halogens is 1. The van der Waals surface area contributed by atoms with E-state index >= 15 is 0 Å². The topological polar surface area (TPSA) is 26.3 Å². The highest BCUT2D eigenvalue weighted by Gasteiger charge is 2.12. The minimum absolute atomic E-state index is 0.348. The smallest absolute Gasteiger partial charge is 0.331 e. The van der Waals surface area contributed by atoms with Gasteiger partial charge in [-0.2, -0.15) is 0 Å². The van der Waals surface area contributed by atoms with E-state index in [1.807, 2.05) is 0 Å². The molecule has 0 aliphatic carbocycles. The second-order valence-corrected chi connectivity index (χ2v) is 10.3. The maximum absolute atomic E-state index is 11.2. The van der Waals surface area contributed by atoms with Crippen LogP contribution >= 0.6 is 15.9 Å². The third kappa shape index (κ3) is 11.1. The summed E-state index contributed by atoms with van der Waals surface area (Å²) >= 11 is 2.91. The van der Waals surface area contributed by atoms with Gasteiger partial charge in [0.2, 0.25) is 0 Å². The number of esters is 1. The van der Waals surface area contributed by atoms with Gasteiger partial charge in [-0.3, -0.25) is 0 Å². The summed E-state index contributed by atoms with van der Waals surface area (Å²) in [4.78, 5) is 13.6. The lowest BCUT2D eigenvalue weighted by molar-refractivity contribution is -0.137. The third-order valence-corrected chi connectivity index (χ3v) is 3.48. The lowest BCUT2D eigenvalue weighted by Crippen LogP contribution is -2.22. The van der Waals surface area contributed by atoms with Crippen molar-refractivity contribution in [3.63, 3.8) is 0 Å². The Morgan fingerprint density at radius 2 is 2.06 bits per heavy atom. The highest BCUT2D eigenvalue weighted by molar-refractivity contribution is 9.12. The minimum Gasteiger partial charge on any atom is -0.463 e. The van der Waals surface area contributed by atoms with Gasteiger partial charge in [0.05, 0.1) is 6.61 Å². The van der Waals surface area contributed by atoms with Crippen LogP contribution in [0.3, 0.4) is 0 Å². The fourth-order valence-corrected chi connectivity index (χ4v) is 1.53. The summed E-state index contributed by atoms with van der Waals surface area (Å²) in [5, 5.41) is 0. The Kier molecular flexibility index (Phi) is 7.71. The summed E-state index contributed by atoms with van der Waals surface area (Å²) in [6, 6.07) is 0.979. The van der Waals surface area contributed by atoms with Crippen LogP contribution in [0.25, 0.3) is 0 Å². The number of ether oxygens (including phenoxy) is 1. The first kappa shape index (κ1) is 15.0. The number of carbonyl (C=O) groups excluding carboxylic acids is 1. The second-order valence-electron chi connectivity index (χ2n) is 4.30. The predicted octanol–water partition coefficient (Wildman–Crippen LogP) is 2.78. The van der Waals surface area contributed by atoms with E-state index in [1.54, 1.807) is 0 Å². The summed E-state index contributed by atoms with van der Waals surface area (Å²) in [6.45, 7) is 7.21. The molecule has 0 N–H and O–H groups in total. The Bertz CT molecular complexity index is 372. The Balaban J connectivity index is 3.83. The summed E-state index contributed by atoms with van der Waals surface area (Å²) in [5.74, 6) is 7.27. The van der Waals surface area contributed by atoms with Crippen molar-refractivity contribution >= 4 is 30.0 Å². The average molecular weight is 299 g/mol. The van der Waals surface area contributed by atoms with E-state index in [2.05, 4.69) is 58.2 Å². The van der Waals surface area contributed by atoms with Crippen LogP contribution in [0.5, 0.6) is 0 Å². The molecule has 16 heavy (non-hydrogen) atoms.